The summed E-state index contributed by atoms with van der Waals surface area (Å²) >= 11 is 0. The van der Waals surface area contributed by atoms with E-state index in [2.05, 4.69) is 48.5 Å². The van der Waals surface area contributed by atoms with Crippen molar-refractivity contribution >= 4 is 0 Å². The molecule has 3 fully saturated rings. The predicted octanol–water partition coefficient (Wildman–Crippen LogP) is 5.72. The van der Waals surface area contributed by atoms with Crippen LogP contribution in [0.5, 0.6) is 0 Å². The molecule has 3 rings (SSSR count). The Bertz CT molecular complexity index is 359. The van der Waals surface area contributed by atoms with Gasteiger partial charge in [0, 0.05) is 0 Å². The zero-order valence-electron chi connectivity index (χ0n) is 14.8. The topological polar surface area (TPSA) is 0 Å². The van der Waals surface area contributed by atoms with Gasteiger partial charge in [-0.2, -0.15) is 0 Å². The standard InChI is InChI=1S/C20H36/c1-10-8-9-17-15(6)19-13(4)11(2)12(3)14(5)20(19)16(7)18(10)17/h10-20H,8-9H2,1-7H3. The van der Waals surface area contributed by atoms with E-state index in [1.807, 2.05) is 0 Å². The Morgan fingerprint density at radius 2 is 0.950 bits per heavy atom. The maximum absolute atomic E-state index is 2.62. The highest BCUT2D eigenvalue weighted by Crippen LogP contribution is 2.62. The normalized spacial score (nSPS) is 62.9. The highest BCUT2D eigenvalue weighted by molar-refractivity contribution is 5.04. The van der Waals surface area contributed by atoms with E-state index in [0.717, 1.165) is 65.1 Å². The first-order chi connectivity index (χ1) is 9.36. The van der Waals surface area contributed by atoms with Gasteiger partial charge in [0.05, 0.1) is 0 Å². The number of rotatable bonds is 0. The lowest BCUT2D eigenvalue weighted by Gasteiger charge is -2.59. The molecular formula is C20H36. The predicted molar refractivity (Wildman–Crippen MR) is 87.3 cm³/mol. The maximum Gasteiger partial charge on any atom is -0.0323 e. The zero-order valence-corrected chi connectivity index (χ0v) is 14.8. The van der Waals surface area contributed by atoms with Crippen molar-refractivity contribution < 1.29 is 0 Å². The van der Waals surface area contributed by atoms with Crippen molar-refractivity contribution in [2.75, 3.05) is 0 Å². The second kappa shape index (κ2) is 5.03. The smallest absolute Gasteiger partial charge is 0.0323 e. The number of fused-ring (bicyclic) bond motifs is 2. The van der Waals surface area contributed by atoms with E-state index in [-0.39, 0.29) is 0 Å². The van der Waals surface area contributed by atoms with Gasteiger partial charge in [0.15, 0.2) is 0 Å². The Kier molecular flexibility index (Phi) is 3.75. The van der Waals surface area contributed by atoms with Crippen molar-refractivity contribution in [1.29, 1.82) is 0 Å². The minimum absolute atomic E-state index is 0.911. The average molecular weight is 277 g/mol. The molecular weight excluding hydrogens is 240 g/mol. The Hall–Kier alpha value is 0. The Morgan fingerprint density at radius 1 is 0.450 bits per heavy atom. The van der Waals surface area contributed by atoms with Crippen molar-refractivity contribution in [2.45, 2.75) is 61.3 Å². The van der Waals surface area contributed by atoms with Gasteiger partial charge in [0.25, 0.3) is 0 Å². The fourth-order valence-corrected chi connectivity index (χ4v) is 7.34. The summed E-state index contributed by atoms with van der Waals surface area (Å²) in [6.07, 6.45) is 3.02. The van der Waals surface area contributed by atoms with E-state index >= 15 is 0 Å². The summed E-state index contributed by atoms with van der Waals surface area (Å²) in [6.45, 7) is 18.0. The molecule has 3 saturated carbocycles. The largest absolute Gasteiger partial charge is 0.0622 e. The highest BCUT2D eigenvalue weighted by Gasteiger charge is 2.56. The lowest BCUT2D eigenvalue weighted by molar-refractivity contribution is -0.114. The van der Waals surface area contributed by atoms with Crippen molar-refractivity contribution in [3.05, 3.63) is 0 Å². The van der Waals surface area contributed by atoms with Crippen molar-refractivity contribution in [3.8, 4) is 0 Å². The average Bonchev–Trinajstić information content (AvgIpc) is 2.80. The van der Waals surface area contributed by atoms with Gasteiger partial charge in [-0.3, -0.25) is 0 Å². The molecule has 0 spiro atoms. The zero-order chi connectivity index (χ0) is 14.8. The summed E-state index contributed by atoms with van der Waals surface area (Å²) in [5, 5.41) is 0. The summed E-state index contributed by atoms with van der Waals surface area (Å²) in [7, 11) is 0. The second-order valence-electron chi connectivity index (χ2n) is 9.11. The SMILES string of the molecule is CC1CCC2C(C)C3C(C)C(C)C(C)C(C)C3C(C)C12. The Balaban J connectivity index is 1.97. The van der Waals surface area contributed by atoms with E-state index in [9.17, 15) is 0 Å². The molecule has 11 unspecified atom stereocenters. The van der Waals surface area contributed by atoms with Crippen LogP contribution in [0, 0.1) is 65.1 Å². The summed E-state index contributed by atoms with van der Waals surface area (Å²) < 4.78 is 0. The summed E-state index contributed by atoms with van der Waals surface area (Å²) in [4.78, 5) is 0. The minimum Gasteiger partial charge on any atom is -0.0622 e. The number of hydrogen-bond acceptors (Lipinski definition) is 0. The lowest BCUT2D eigenvalue weighted by atomic mass is 9.46. The fourth-order valence-electron chi connectivity index (χ4n) is 7.34. The molecule has 0 heterocycles. The van der Waals surface area contributed by atoms with Gasteiger partial charge in [0.1, 0.15) is 0 Å². The van der Waals surface area contributed by atoms with Gasteiger partial charge in [-0.05, 0) is 71.5 Å². The third-order valence-electron chi connectivity index (χ3n) is 8.75. The fraction of sp³-hybridized carbons (Fsp3) is 1.00. The van der Waals surface area contributed by atoms with E-state index in [0.29, 0.717) is 0 Å². The van der Waals surface area contributed by atoms with Crippen molar-refractivity contribution in [2.24, 2.45) is 65.1 Å². The van der Waals surface area contributed by atoms with Gasteiger partial charge in [-0.15, -0.1) is 0 Å². The van der Waals surface area contributed by atoms with Gasteiger partial charge >= 0.3 is 0 Å². The molecule has 0 N–H and O–H groups in total. The summed E-state index contributed by atoms with van der Waals surface area (Å²) in [5.41, 5.74) is 0. The first kappa shape index (κ1) is 14.9. The lowest BCUT2D eigenvalue weighted by Crippen LogP contribution is -2.54. The molecule has 11 atom stereocenters. The molecule has 116 valence electrons. The molecule has 0 nitrogen and oxygen atoms in total. The monoisotopic (exact) mass is 276 g/mol. The van der Waals surface area contributed by atoms with Crippen LogP contribution in [0.3, 0.4) is 0 Å². The molecule has 0 amide bonds. The molecule has 3 aliphatic carbocycles. The molecule has 3 aliphatic rings. The van der Waals surface area contributed by atoms with Crippen LogP contribution in [-0.4, -0.2) is 0 Å². The third-order valence-corrected chi connectivity index (χ3v) is 8.75. The summed E-state index contributed by atoms with van der Waals surface area (Å²) in [6, 6.07) is 0. The van der Waals surface area contributed by atoms with Crippen molar-refractivity contribution in [3.63, 3.8) is 0 Å². The molecule has 20 heavy (non-hydrogen) atoms. The first-order valence-corrected chi connectivity index (χ1v) is 9.36. The van der Waals surface area contributed by atoms with Crippen LogP contribution in [0.2, 0.25) is 0 Å². The molecule has 0 heteroatoms. The van der Waals surface area contributed by atoms with Gasteiger partial charge < -0.3 is 0 Å². The van der Waals surface area contributed by atoms with E-state index < -0.39 is 0 Å². The molecule has 0 bridgehead atoms. The van der Waals surface area contributed by atoms with Crippen LogP contribution in [-0.2, 0) is 0 Å². The summed E-state index contributed by atoms with van der Waals surface area (Å²) in [5.74, 6) is 10.7. The Labute approximate surface area is 127 Å². The van der Waals surface area contributed by atoms with Crippen LogP contribution in [0.4, 0.5) is 0 Å². The van der Waals surface area contributed by atoms with Gasteiger partial charge in [0.2, 0.25) is 0 Å². The van der Waals surface area contributed by atoms with Gasteiger partial charge in [-0.25, -0.2) is 0 Å². The quantitative estimate of drug-likeness (QED) is 0.530. The van der Waals surface area contributed by atoms with Crippen LogP contribution >= 0.6 is 0 Å². The minimum atomic E-state index is 0.911. The maximum atomic E-state index is 2.62. The second-order valence-corrected chi connectivity index (χ2v) is 9.11. The van der Waals surface area contributed by atoms with E-state index in [4.69, 9.17) is 0 Å². The van der Waals surface area contributed by atoms with Crippen LogP contribution in [0.25, 0.3) is 0 Å². The molecule has 0 aliphatic heterocycles. The van der Waals surface area contributed by atoms with E-state index in [1.54, 1.807) is 0 Å². The van der Waals surface area contributed by atoms with E-state index in [1.165, 1.54) is 12.8 Å². The molecule has 0 saturated heterocycles. The van der Waals surface area contributed by atoms with Crippen LogP contribution in [0.1, 0.15) is 61.3 Å². The third kappa shape index (κ3) is 1.85. The molecule has 0 aromatic rings. The Morgan fingerprint density at radius 3 is 1.50 bits per heavy atom. The van der Waals surface area contributed by atoms with Crippen LogP contribution in [0.15, 0.2) is 0 Å². The number of hydrogen-bond donors (Lipinski definition) is 0. The van der Waals surface area contributed by atoms with Crippen molar-refractivity contribution in [1.82, 2.24) is 0 Å². The molecule has 0 radical (unpaired) electrons. The molecule has 0 aromatic carbocycles. The highest BCUT2D eigenvalue weighted by atomic mass is 14.6. The van der Waals surface area contributed by atoms with Gasteiger partial charge in [-0.1, -0.05) is 54.9 Å². The van der Waals surface area contributed by atoms with Crippen LogP contribution < -0.4 is 0 Å². The first-order valence-electron chi connectivity index (χ1n) is 9.36. The molecule has 0 aromatic heterocycles.